The summed E-state index contributed by atoms with van der Waals surface area (Å²) in [4.78, 5) is 23.2. The first-order chi connectivity index (χ1) is 16.4. The first-order valence-electron chi connectivity index (χ1n) is 10.9. The molecule has 2 heterocycles. The highest BCUT2D eigenvalue weighted by atomic mass is 35.5. The van der Waals surface area contributed by atoms with E-state index in [4.69, 9.17) is 11.6 Å². The molecule has 1 aromatic heterocycles. The standard InChI is InChI=1S/C26H21ClFN5O/c1-3-5-24(34)31-22-11-17-23(10-15(22)8-9-16-18-12-33(2)13-19(16)18)29-14-30-26(17)32-21-7-4-6-20(27)25(21)28/h4,6-7,10-11,14,16,18-19H,12-13H2,1-2H3,(H,31,34)(H,29,30,32)/t16-,18+,19-. The van der Waals surface area contributed by atoms with E-state index in [0.29, 0.717) is 45.7 Å². The van der Waals surface area contributed by atoms with Gasteiger partial charge in [0, 0.05) is 24.4 Å². The number of amides is 1. The fraction of sp³-hybridized carbons (Fsp3) is 0.269. The maximum atomic E-state index is 14.5. The Bertz CT molecular complexity index is 1420. The molecule has 3 atom stereocenters. The van der Waals surface area contributed by atoms with Crippen molar-refractivity contribution >= 4 is 45.6 Å². The van der Waals surface area contributed by atoms with Crippen LogP contribution in [0, 0.1) is 47.3 Å². The first-order valence-corrected chi connectivity index (χ1v) is 11.3. The lowest BCUT2D eigenvalue weighted by Crippen LogP contribution is -2.18. The number of nitrogens with one attached hydrogen (secondary N) is 2. The number of rotatable bonds is 3. The number of carbonyl (C=O) groups is 1. The molecule has 1 aliphatic heterocycles. The number of hydrogen-bond acceptors (Lipinski definition) is 5. The van der Waals surface area contributed by atoms with E-state index in [0.717, 1.165) is 13.1 Å². The number of likely N-dealkylation sites (tertiary alicyclic amines) is 1. The summed E-state index contributed by atoms with van der Waals surface area (Å²) < 4.78 is 14.5. The Morgan fingerprint density at radius 1 is 1.21 bits per heavy atom. The lowest BCUT2D eigenvalue weighted by atomic mass is 10.1. The van der Waals surface area contributed by atoms with Gasteiger partial charge in [-0.15, -0.1) is 0 Å². The lowest BCUT2D eigenvalue weighted by Gasteiger charge is -2.12. The van der Waals surface area contributed by atoms with Gasteiger partial charge in [0.1, 0.15) is 12.1 Å². The van der Waals surface area contributed by atoms with E-state index in [-0.39, 0.29) is 10.7 Å². The third-order valence-corrected chi connectivity index (χ3v) is 6.51. The van der Waals surface area contributed by atoms with Crippen molar-refractivity contribution in [3.63, 3.8) is 0 Å². The van der Waals surface area contributed by atoms with Gasteiger partial charge in [-0.05, 0) is 56.0 Å². The minimum absolute atomic E-state index is 0.00283. The van der Waals surface area contributed by atoms with E-state index in [1.54, 1.807) is 25.1 Å². The average Bonchev–Trinajstić information content (AvgIpc) is 3.27. The molecule has 2 N–H and O–H groups in total. The van der Waals surface area contributed by atoms with E-state index >= 15 is 0 Å². The predicted octanol–water partition coefficient (Wildman–Crippen LogP) is 4.29. The van der Waals surface area contributed by atoms with Crippen molar-refractivity contribution in [3.05, 3.63) is 53.1 Å². The zero-order valence-electron chi connectivity index (χ0n) is 18.6. The molecule has 6 nitrogen and oxygen atoms in total. The summed E-state index contributed by atoms with van der Waals surface area (Å²) in [5.41, 5.74) is 1.94. The number of piperidine rings is 1. The molecule has 5 rings (SSSR count). The molecule has 0 spiro atoms. The Morgan fingerprint density at radius 2 is 2.00 bits per heavy atom. The number of benzene rings is 2. The van der Waals surface area contributed by atoms with Crippen LogP contribution in [0.3, 0.4) is 0 Å². The number of anilines is 3. The lowest BCUT2D eigenvalue weighted by molar-refractivity contribution is -0.111. The largest absolute Gasteiger partial charge is 0.337 e. The summed E-state index contributed by atoms with van der Waals surface area (Å²) in [7, 11) is 2.13. The summed E-state index contributed by atoms with van der Waals surface area (Å²) in [6.07, 6.45) is 1.40. The van der Waals surface area contributed by atoms with Crippen molar-refractivity contribution in [2.75, 3.05) is 30.8 Å². The highest BCUT2D eigenvalue weighted by Gasteiger charge is 2.53. The molecule has 2 aromatic carbocycles. The van der Waals surface area contributed by atoms with Crippen LogP contribution in [0.1, 0.15) is 12.5 Å². The van der Waals surface area contributed by atoms with Crippen LogP contribution in [-0.2, 0) is 4.79 Å². The van der Waals surface area contributed by atoms with Crippen molar-refractivity contribution in [2.45, 2.75) is 6.92 Å². The molecule has 0 unspecified atom stereocenters. The van der Waals surface area contributed by atoms with E-state index in [1.165, 1.54) is 12.4 Å². The van der Waals surface area contributed by atoms with Crippen molar-refractivity contribution < 1.29 is 9.18 Å². The molecule has 8 heteroatoms. The Hall–Kier alpha value is -3.65. The van der Waals surface area contributed by atoms with Gasteiger partial charge in [0.25, 0.3) is 5.91 Å². The highest BCUT2D eigenvalue weighted by Crippen LogP contribution is 2.50. The minimum atomic E-state index is -0.578. The van der Waals surface area contributed by atoms with Crippen LogP contribution < -0.4 is 10.6 Å². The van der Waals surface area contributed by atoms with Crippen LogP contribution in [0.2, 0.25) is 5.02 Å². The SMILES string of the molecule is CC#CC(=O)Nc1cc2c(Nc3cccc(Cl)c3F)ncnc2cc1C#C[C@H]1[C@H]2CN(C)C[C@@H]12. The van der Waals surface area contributed by atoms with Crippen molar-refractivity contribution in [1.82, 2.24) is 14.9 Å². The van der Waals surface area contributed by atoms with Crippen molar-refractivity contribution in [1.29, 1.82) is 0 Å². The number of hydrogen-bond donors (Lipinski definition) is 2. The fourth-order valence-electron chi connectivity index (χ4n) is 4.52. The Kier molecular flexibility index (Phi) is 5.83. The van der Waals surface area contributed by atoms with Crippen LogP contribution in [0.5, 0.6) is 0 Å². The topological polar surface area (TPSA) is 70.1 Å². The third-order valence-electron chi connectivity index (χ3n) is 6.22. The minimum Gasteiger partial charge on any atom is -0.337 e. The van der Waals surface area contributed by atoms with Gasteiger partial charge in [0.2, 0.25) is 0 Å². The molecule has 0 bridgehead atoms. The van der Waals surface area contributed by atoms with Gasteiger partial charge >= 0.3 is 0 Å². The van der Waals surface area contributed by atoms with Crippen LogP contribution in [0.15, 0.2) is 36.7 Å². The van der Waals surface area contributed by atoms with Gasteiger partial charge in [-0.3, -0.25) is 4.79 Å². The van der Waals surface area contributed by atoms with Crippen molar-refractivity contribution in [3.8, 4) is 23.7 Å². The van der Waals surface area contributed by atoms with Crippen LogP contribution in [-0.4, -0.2) is 40.9 Å². The van der Waals surface area contributed by atoms with Crippen LogP contribution in [0.4, 0.5) is 21.6 Å². The quantitative estimate of drug-likeness (QED) is 0.555. The maximum Gasteiger partial charge on any atom is 0.300 e. The molecule has 2 fully saturated rings. The van der Waals surface area contributed by atoms with E-state index in [2.05, 4.69) is 56.2 Å². The van der Waals surface area contributed by atoms with E-state index < -0.39 is 11.7 Å². The second-order valence-corrected chi connectivity index (χ2v) is 8.94. The van der Waals surface area contributed by atoms with Gasteiger partial charge in [-0.1, -0.05) is 35.4 Å². The molecule has 0 radical (unpaired) electrons. The second-order valence-electron chi connectivity index (χ2n) is 8.54. The number of carbonyl (C=O) groups excluding carboxylic acids is 1. The van der Waals surface area contributed by atoms with Crippen molar-refractivity contribution in [2.24, 2.45) is 17.8 Å². The van der Waals surface area contributed by atoms with Crippen LogP contribution >= 0.6 is 11.6 Å². The Balaban J connectivity index is 1.53. The van der Waals surface area contributed by atoms with E-state index in [9.17, 15) is 9.18 Å². The molecule has 2 aliphatic rings. The molecule has 1 aliphatic carbocycles. The normalized spacial score (nSPS) is 20.5. The van der Waals surface area contributed by atoms with E-state index in [1.807, 2.05) is 6.07 Å². The summed E-state index contributed by atoms with van der Waals surface area (Å²) in [5.74, 6) is 12.7. The summed E-state index contributed by atoms with van der Waals surface area (Å²) >= 11 is 5.91. The van der Waals surface area contributed by atoms with Crippen LogP contribution in [0.25, 0.3) is 10.9 Å². The zero-order chi connectivity index (χ0) is 23.8. The highest BCUT2D eigenvalue weighted by molar-refractivity contribution is 6.31. The number of nitrogens with zero attached hydrogens (tertiary/aromatic N) is 3. The summed E-state index contributed by atoms with van der Waals surface area (Å²) in [6.45, 7) is 3.73. The zero-order valence-corrected chi connectivity index (χ0v) is 19.4. The molecular weight excluding hydrogens is 453 g/mol. The van der Waals surface area contributed by atoms with Gasteiger partial charge in [-0.25, -0.2) is 14.4 Å². The molecule has 170 valence electrons. The monoisotopic (exact) mass is 473 g/mol. The number of fused-ring (bicyclic) bond motifs is 2. The number of halogens is 2. The molecule has 1 amide bonds. The van der Waals surface area contributed by atoms with Gasteiger partial charge in [-0.2, -0.15) is 0 Å². The molecular formula is C26H21ClFN5O. The first kappa shape index (κ1) is 22.2. The summed E-state index contributed by atoms with van der Waals surface area (Å²) in [6, 6.07) is 8.23. The fourth-order valence-corrected chi connectivity index (χ4v) is 4.69. The van der Waals surface area contributed by atoms with Gasteiger partial charge in [0.15, 0.2) is 5.82 Å². The number of aromatic nitrogens is 2. The maximum absolute atomic E-state index is 14.5. The molecule has 34 heavy (non-hydrogen) atoms. The van der Waals surface area contributed by atoms with Gasteiger partial charge < -0.3 is 15.5 Å². The Labute approximate surface area is 201 Å². The second kappa shape index (κ2) is 8.95. The molecule has 3 aromatic rings. The third kappa shape index (κ3) is 4.28. The van der Waals surface area contributed by atoms with Gasteiger partial charge in [0.05, 0.1) is 27.5 Å². The Morgan fingerprint density at radius 3 is 2.76 bits per heavy atom. The summed E-state index contributed by atoms with van der Waals surface area (Å²) in [5, 5.41) is 6.39. The average molecular weight is 474 g/mol. The molecule has 1 saturated carbocycles. The smallest absolute Gasteiger partial charge is 0.300 e. The molecule has 1 saturated heterocycles. The predicted molar refractivity (Wildman–Crippen MR) is 131 cm³/mol.